The van der Waals surface area contributed by atoms with Gasteiger partial charge in [-0.05, 0) is 24.0 Å². The summed E-state index contributed by atoms with van der Waals surface area (Å²) in [6, 6.07) is 18.6. The topological polar surface area (TPSA) is 74.6 Å². The van der Waals surface area contributed by atoms with Crippen LogP contribution in [0, 0.1) is 11.8 Å². The van der Waals surface area contributed by atoms with Crippen molar-refractivity contribution in [3.8, 4) is 0 Å². The third-order valence-corrected chi connectivity index (χ3v) is 3.81. The fourth-order valence-corrected chi connectivity index (χ4v) is 2.48. The molecule has 0 spiro atoms. The number of hydrogen-bond acceptors (Lipinski definition) is 2. The molecule has 0 bridgehead atoms. The van der Waals surface area contributed by atoms with Crippen LogP contribution >= 0.6 is 0 Å². The second-order valence-corrected chi connectivity index (χ2v) is 5.65. The third kappa shape index (κ3) is 5.39. The molecule has 2 N–H and O–H groups in total. The fraction of sp³-hybridized carbons (Fsp3) is 0.200. The maximum atomic E-state index is 11.4. The molecule has 0 fully saturated rings. The van der Waals surface area contributed by atoms with E-state index in [1.807, 2.05) is 60.7 Å². The molecular formula is C20H20O4. The van der Waals surface area contributed by atoms with E-state index in [-0.39, 0.29) is 0 Å². The van der Waals surface area contributed by atoms with Gasteiger partial charge in [0.05, 0.1) is 11.8 Å². The van der Waals surface area contributed by atoms with Gasteiger partial charge in [-0.2, -0.15) is 0 Å². The molecule has 124 valence electrons. The predicted octanol–water partition coefficient (Wildman–Crippen LogP) is 3.43. The quantitative estimate of drug-likeness (QED) is 0.730. The second kappa shape index (κ2) is 8.67. The Balaban J connectivity index is 2.09. The Kier molecular flexibility index (Phi) is 6.32. The van der Waals surface area contributed by atoms with Crippen LogP contribution in [0.1, 0.15) is 11.1 Å². The van der Waals surface area contributed by atoms with Gasteiger partial charge in [0.2, 0.25) is 0 Å². The molecule has 4 heteroatoms. The van der Waals surface area contributed by atoms with Gasteiger partial charge >= 0.3 is 11.9 Å². The van der Waals surface area contributed by atoms with E-state index in [0.717, 1.165) is 11.1 Å². The van der Waals surface area contributed by atoms with Gasteiger partial charge in [0, 0.05) is 0 Å². The highest BCUT2D eigenvalue weighted by Gasteiger charge is 2.18. The zero-order chi connectivity index (χ0) is 17.4. The Labute approximate surface area is 141 Å². The van der Waals surface area contributed by atoms with Crippen molar-refractivity contribution in [2.24, 2.45) is 11.8 Å². The number of carboxylic acids is 2. The molecule has 0 aromatic heterocycles. The van der Waals surface area contributed by atoms with Crippen LogP contribution in [0.5, 0.6) is 0 Å². The van der Waals surface area contributed by atoms with Crippen molar-refractivity contribution in [1.82, 2.24) is 0 Å². The highest BCUT2D eigenvalue weighted by molar-refractivity contribution is 5.75. The first kappa shape index (κ1) is 17.5. The van der Waals surface area contributed by atoms with Crippen LogP contribution in [0.4, 0.5) is 0 Å². The van der Waals surface area contributed by atoms with E-state index in [4.69, 9.17) is 0 Å². The van der Waals surface area contributed by atoms with Crippen molar-refractivity contribution in [2.75, 3.05) is 0 Å². The standard InChI is InChI=1S/C20H20O4/c21-19(22)17(13-15-7-3-1-4-8-15)11-12-18(20(23)24)14-16-9-5-2-6-10-16/h1-12,17-18H,13-14H2,(H,21,22)(H,23,24)/b12-11+. The molecule has 0 saturated carbocycles. The summed E-state index contributed by atoms with van der Waals surface area (Å²) >= 11 is 0. The van der Waals surface area contributed by atoms with Crippen LogP contribution in [-0.4, -0.2) is 22.2 Å². The van der Waals surface area contributed by atoms with Crippen molar-refractivity contribution in [2.45, 2.75) is 12.8 Å². The summed E-state index contributed by atoms with van der Waals surface area (Å²) < 4.78 is 0. The van der Waals surface area contributed by atoms with E-state index >= 15 is 0 Å². The summed E-state index contributed by atoms with van der Waals surface area (Å²) in [7, 11) is 0. The normalized spacial score (nSPS) is 13.5. The van der Waals surface area contributed by atoms with E-state index in [0.29, 0.717) is 12.8 Å². The van der Waals surface area contributed by atoms with Crippen molar-refractivity contribution in [1.29, 1.82) is 0 Å². The van der Waals surface area contributed by atoms with E-state index in [1.165, 1.54) is 12.2 Å². The molecular weight excluding hydrogens is 304 g/mol. The number of rotatable bonds is 8. The molecule has 0 heterocycles. The SMILES string of the molecule is O=C(O)C(/C=C/C(Cc1ccccc1)C(=O)O)Cc1ccccc1. The lowest BCUT2D eigenvalue weighted by Gasteiger charge is -2.11. The van der Waals surface area contributed by atoms with Crippen molar-refractivity contribution < 1.29 is 19.8 Å². The zero-order valence-electron chi connectivity index (χ0n) is 13.2. The number of aliphatic carboxylic acids is 2. The van der Waals surface area contributed by atoms with Crippen molar-refractivity contribution in [3.05, 3.63) is 83.9 Å². The monoisotopic (exact) mass is 324 g/mol. The maximum Gasteiger partial charge on any atom is 0.310 e. The average molecular weight is 324 g/mol. The molecule has 2 unspecified atom stereocenters. The molecule has 2 aromatic rings. The van der Waals surface area contributed by atoms with Crippen LogP contribution in [0.3, 0.4) is 0 Å². The minimum absolute atomic E-state index is 0.338. The smallest absolute Gasteiger partial charge is 0.310 e. The lowest BCUT2D eigenvalue weighted by Crippen LogP contribution is -2.17. The zero-order valence-corrected chi connectivity index (χ0v) is 13.2. The van der Waals surface area contributed by atoms with Gasteiger partial charge in [-0.25, -0.2) is 0 Å². The number of benzene rings is 2. The molecule has 4 nitrogen and oxygen atoms in total. The lowest BCUT2D eigenvalue weighted by atomic mass is 9.94. The first-order valence-electron chi connectivity index (χ1n) is 7.78. The average Bonchev–Trinajstić information content (AvgIpc) is 2.58. The van der Waals surface area contributed by atoms with Gasteiger partial charge in [-0.3, -0.25) is 9.59 Å². The van der Waals surface area contributed by atoms with Gasteiger partial charge in [0.1, 0.15) is 0 Å². The predicted molar refractivity (Wildman–Crippen MR) is 91.7 cm³/mol. The Morgan fingerprint density at radius 3 is 1.33 bits per heavy atom. The molecule has 2 aromatic carbocycles. The van der Waals surface area contributed by atoms with Gasteiger partial charge in [0.15, 0.2) is 0 Å². The van der Waals surface area contributed by atoms with Gasteiger partial charge in [0.25, 0.3) is 0 Å². The van der Waals surface area contributed by atoms with Crippen molar-refractivity contribution in [3.63, 3.8) is 0 Å². The van der Waals surface area contributed by atoms with Crippen LogP contribution < -0.4 is 0 Å². The Morgan fingerprint density at radius 1 is 0.708 bits per heavy atom. The Hall–Kier alpha value is -2.88. The number of hydrogen-bond donors (Lipinski definition) is 2. The third-order valence-electron chi connectivity index (χ3n) is 3.81. The Bertz CT molecular complexity index is 631. The minimum Gasteiger partial charge on any atom is -0.481 e. The highest BCUT2D eigenvalue weighted by atomic mass is 16.4. The Morgan fingerprint density at radius 2 is 1.04 bits per heavy atom. The molecule has 0 aliphatic rings. The summed E-state index contributed by atoms with van der Waals surface area (Å²) in [6.07, 6.45) is 3.67. The molecule has 0 amide bonds. The fourth-order valence-electron chi connectivity index (χ4n) is 2.48. The van der Waals surface area contributed by atoms with E-state index in [1.54, 1.807) is 0 Å². The molecule has 0 radical (unpaired) electrons. The lowest BCUT2D eigenvalue weighted by molar-refractivity contribution is -0.141. The van der Waals surface area contributed by atoms with Gasteiger partial charge in [-0.15, -0.1) is 0 Å². The van der Waals surface area contributed by atoms with E-state index in [2.05, 4.69) is 0 Å². The van der Waals surface area contributed by atoms with E-state index in [9.17, 15) is 19.8 Å². The van der Waals surface area contributed by atoms with Gasteiger partial charge < -0.3 is 10.2 Å². The molecule has 0 aliphatic carbocycles. The van der Waals surface area contributed by atoms with Crippen molar-refractivity contribution >= 4 is 11.9 Å². The molecule has 0 saturated heterocycles. The minimum atomic E-state index is -0.959. The van der Waals surface area contributed by atoms with Crippen LogP contribution in [-0.2, 0) is 22.4 Å². The summed E-state index contributed by atoms with van der Waals surface area (Å²) in [5.41, 5.74) is 1.81. The first-order chi connectivity index (χ1) is 11.6. The largest absolute Gasteiger partial charge is 0.481 e. The maximum absolute atomic E-state index is 11.4. The number of carbonyl (C=O) groups is 2. The summed E-state index contributed by atoms with van der Waals surface area (Å²) in [5.74, 6) is -3.41. The highest BCUT2D eigenvalue weighted by Crippen LogP contribution is 2.15. The number of carboxylic acid groups (broad SMARTS) is 2. The van der Waals surface area contributed by atoms with Crippen LogP contribution in [0.15, 0.2) is 72.8 Å². The summed E-state index contributed by atoms with van der Waals surface area (Å²) in [5, 5.41) is 18.8. The second-order valence-electron chi connectivity index (χ2n) is 5.65. The molecule has 2 rings (SSSR count). The van der Waals surface area contributed by atoms with Gasteiger partial charge in [-0.1, -0.05) is 72.8 Å². The van der Waals surface area contributed by atoms with Crippen LogP contribution in [0.25, 0.3) is 0 Å². The van der Waals surface area contributed by atoms with Crippen LogP contribution in [0.2, 0.25) is 0 Å². The first-order valence-corrected chi connectivity index (χ1v) is 7.78. The molecule has 2 atom stereocenters. The molecule has 0 aliphatic heterocycles. The molecule has 24 heavy (non-hydrogen) atoms. The summed E-state index contributed by atoms with van der Waals surface area (Å²) in [4.78, 5) is 22.9. The van der Waals surface area contributed by atoms with E-state index < -0.39 is 23.8 Å². The summed E-state index contributed by atoms with van der Waals surface area (Å²) in [6.45, 7) is 0.